The molecule has 1 aromatic rings. The molecule has 0 spiro atoms. The lowest BCUT2D eigenvalue weighted by Gasteiger charge is -2.09. The van der Waals surface area contributed by atoms with Crippen molar-refractivity contribution < 1.29 is 0 Å². The van der Waals surface area contributed by atoms with Gasteiger partial charge in [0, 0.05) is 24.4 Å². The molecule has 0 bridgehead atoms. The molecule has 2 N–H and O–H groups in total. The SMILES string of the molecule is NCC(CS)c1ccccn1. The molecule has 0 saturated heterocycles. The van der Waals surface area contributed by atoms with Crippen LogP contribution in [0.5, 0.6) is 0 Å². The fourth-order valence-electron chi connectivity index (χ4n) is 0.906. The highest BCUT2D eigenvalue weighted by molar-refractivity contribution is 7.80. The number of hydrogen-bond donors (Lipinski definition) is 2. The second kappa shape index (κ2) is 4.36. The standard InChI is InChI=1S/C8H12N2S/c9-5-7(6-11)8-3-1-2-4-10-8/h1-4,7,11H,5-6,9H2. The molecule has 0 radical (unpaired) electrons. The van der Waals surface area contributed by atoms with Crippen LogP contribution >= 0.6 is 12.6 Å². The van der Waals surface area contributed by atoms with E-state index in [0.717, 1.165) is 11.4 Å². The summed E-state index contributed by atoms with van der Waals surface area (Å²) in [5, 5.41) is 0. The van der Waals surface area contributed by atoms with Crippen LogP contribution in [0, 0.1) is 0 Å². The van der Waals surface area contributed by atoms with Crippen molar-refractivity contribution in [3.05, 3.63) is 30.1 Å². The Kier molecular flexibility index (Phi) is 3.39. The molecule has 0 amide bonds. The van der Waals surface area contributed by atoms with Crippen molar-refractivity contribution in [2.24, 2.45) is 5.73 Å². The zero-order valence-electron chi connectivity index (χ0n) is 6.27. The van der Waals surface area contributed by atoms with Gasteiger partial charge in [0.1, 0.15) is 0 Å². The van der Waals surface area contributed by atoms with Crippen LogP contribution < -0.4 is 5.73 Å². The molecule has 3 heteroatoms. The maximum atomic E-state index is 5.53. The van der Waals surface area contributed by atoms with Crippen molar-refractivity contribution in [3.63, 3.8) is 0 Å². The van der Waals surface area contributed by atoms with Crippen molar-refractivity contribution in [1.82, 2.24) is 4.98 Å². The maximum Gasteiger partial charge on any atom is 0.0455 e. The third-order valence-electron chi connectivity index (χ3n) is 1.61. The number of hydrogen-bond acceptors (Lipinski definition) is 3. The van der Waals surface area contributed by atoms with Crippen molar-refractivity contribution in [3.8, 4) is 0 Å². The van der Waals surface area contributed by atoms with Crippen molar-refractivity contribution in [2.75, 3.05) is 12.3 Å². The van der Waals surface area contributed by atoms with Crippen LogP contribution in [0.2, 0.25) is 0 Å². The highest BCUT2D eigenvalue weighted by atomic mass is 32.1. The van der Waals surface area contributed by atoms with Crippen LogP contribution in [-0.2, 0) is 0 Å². The maximum absolute atomic E-state index is 5.53. The smallest absolute Gasteiger partial charge is 0.0455 e. The summed E-state index contributed by atoms with van der Waals surface area (Å²) in [5.41, 5.74) is 6.56. The first-order valence-electron chi connectivity index (χ1n) is 3.60. The molecule has 1 unspecified atom stereocenters. The van der Waals surface area contributed by atoms with Gasteiger partial charge < -0.3 is 5.73 Å². The molecule has 11 heavy (non-hydrogen) atoms. The first-order valence-corrected chi connectivity index (χ1v) is 4.23. The average Bonchev–Trinajstić information content (AvgIpc) is 2.09. The molecule has 2 nitrogen and oxygen atoms in total. The van der Waals surface area contributed by atoms with Gasteiger partial charge in [0.15, 0.2) is 0 Å². The van der Waals surface area contributed by atoms with Gasteiger partial charge in [0.05, 0.1) is 0 Å². The Morgan fingerprint density at radius 2 is 2.36 bits per heavy atom. The number of pyridine rings is 1. The first kappa shape index (κ1) is 8.56. The van der Waals surface area contributed by atoms with Crippen LogP contribution in [0.4, 0.5) is 0 Å². The monoisotopic (exact) mass is 168 g/mol. The molecule has 0 aliphatic rings. The number of nitrogens with two attached hydrogens (primary N) is 1. The summed E-state index contributed by atoms with van der Waals surface area (Å²) in [6, 6.07) is 5.85. The molecule has 0 aliphatic carbocycles. The van der Waals surface area contributed by atoms with Crippen molar-refractivity contribution >= 4 is 12.6 Å². The topological polar surface area (TPSA) is 38.9 Å². The van der Waals surface area contributed by atoms with Gasteiger partial charge in [-0.15, -0.1) is 0 Å². The molecule has 1 heterocycles. The van der Waals surface area contributed by atoms with E-state index in [1.54, 1.807) is 6.20 Å². The Morgan fingerprint density at radius 1 is 1.55 bits per heavy atom. The normalized spacial score (nSPS) is 12.9. The Labute approximate surface area is 72.2 Å². The minimum atomic E-state index is 0.291. The van der Waals surface area contributed by atoms with E-state index in [1.165, 1.54) is 0 Å². The van der Waals surface area contributed by atoms with E-state index in [9.17, 15) is 0 Å². The van der Waals surface area contributed by atoms with Crippen molar-refractivity contribution in [1.29, 1.82) is 0 Å². The van der Waals surface area contributed by atoms with E-state index in [-0.39, 0.29) is 0 Å². The fraction of sp³-hybridized carbons (Fsp3) is 0.375. The largest absolute Gasteiger partial charge is 0.330 e. The Hall–Kier alpha value is -0.540. The summed E-state index contributed by atoms with van der Waals surface area (Å²) in [4.78, 5) is 4.19. The lowest BCUT2D eigenvalue weighted by molar-refractivity contribution is 0.757. The predicted molar refractivity (Wildman–Crippen MR) is 49.9 cm³/mol. The number of aromatic nitrogens is 1. The average molecular weight is 168 g/mol. The summed E-state index contributed by atoms with van der Waals surface area (Å²) in [6.45, 7) is 0.612. The van der Waals surface area contributed by atoms with Gasteiger partial charge in [-0.25, -0.2) is 0 Å². The van der Waals surface area contributed by atoms with E-state index in [1.807, 2.05) is 18.2 Å². The molecular formula is C8H12N2S. The quantitative estimate of drug-likeness (QED) is 0.662. The minimum Gasteiger partial charge on any atom is -0.330 e. The van der Waals surface area contributed by atoms with Crippen LogP contribution in [0.25, 0.3) is 0 Å². The van der Waals surface area contributed by atoms with E-state index >= 15 is 0 Å². The molecule has 0 fully saturated rings. The predicted octanol–water partition coefficient (Wildman–Crippen LogP) is 1.05. The van der Waals surface area contributed by atoms with Crippen LogP contribution in [0.3, 0.4) is 0 Å². The second-order valence-corrected chi connectivity index (χ2v) is 2.73. The second-order valence-electron chi connectivity index (χ2n) is 2.37. The molecule has 0 aromatic carbocycles. The van der Waals surface area contributed by atoms with Crippen LogP contribution in [-0.4, -0.2) is 17.3 Å². The molecular weight excluding hydrogens is 156 g/mol. The Morgan fingerprint density at radius 3 is 2.82 bits per heavy atom. The molecule has 60 valence electrons. The summed E-state index contributed by atoms with van der Waals surface area (Å²) in [5.74, 6) is 1.05. The van der Waals surface area contributed by atoms with Gasteiger partial charge in [-0.05, 0) is 17.9 Å². The highest BCUT2D eigenvalue weighted by Crippen LogP contribution is 2.11. The van der Waals surface area contributed by atoms with Gasteiger partial charge in [-0.1, -0.05) is 6.07 Å². The lowest BCUT2D eigenvalue weighted by Crippen LogP contribution is -2.14. The Bertz CT molecular complexity index is 197. The van der Waals surface area contributed by atoms with Gasteiger partial charge in [0.25, 0.3) is 0 Å². The number of thiol groups is 1. The highest BCUT2D eigenvalue weighted by Gasteiger charge is 2.06. The minimum absolute atomic E-state index is 0.291. The Balaban J connectivity index is 2.74. The van der Waals surface area contributed by atoms with Crippen LogP contribution in [0.1, 0.15) is 11.6 Å². The summed E-state index contributed by atoms with van der Waals surface area (Å²) < 4.78 is 0. The van der Waals surface area contributed by atoms with Gasteiger partial charge in [-0.2, -0.15) is 12.6 Å². The van der Waals surface area contributed by atoms with E-state index in [2.05, 4.69) is 17.6 Å². The van der Waals surface area contributed by atoms with Gasteiger partial charge in [0.2, 0.25) is 0 Å². The van der Waals surface area contributed by atoms with E-state index in [4.69, 9.17) is 5.73 Å². The number of nitrogens with zero attached hydrogens (tertiary/aromatic N) is 1. The first-order chi connectivity index (χ1) is 5.38. The third kappa shape index (κ3) is 2.20. The molecule has 0 saturated carbocycles. The number of rotatable bonds is 3. The molecule has 0 aliphatic heterocycles. The summed E-state index contributed by atoms with van der Waals surface area (Å²) in [7, 11) is 0. The van der Waals surface area contributed by atoms with Gasteiger partial charge >= 0.3 is 0 Å². The van der Waals surface area contributed by atoms with Crippen molar-refractivity contribution in [2.45, 2.75) is 5.92 Å². The van der Waals surface area contributed by atoms with E-state index in [0.29, 0.717) is 12.5 Å². The van der Waals surface area contributed by atoms with Gasteiger partial charge in [-0.3, -0.25) is 4.98 Å². The van der Waals surface area contributed by atoms with E-state index < -0.39 is 0 Å². The molecule has 1 atom stereocenters. The lowest BCUT2D eigenvalue weighted by atomic mass is 10.1. The molecule has 1 rings (SSSR count). The third-order valence-corrected chi connectivity index (χ3v) is 2.05. The summed E-state index contributed by atoms with van der Waals surface area (Å²) in [6.07, 6.45) is 1.78. The molecule has 1 aromatic heterocycles. The van der Waals surface area contributed by atoms with Crippen LogP contribution in [0.15, 0.2) is 24.4 Å². The fourth-order valence-corrected chi connectivity index (χ4v) is 1.24. The zero-order valence-corrected chi connectivity index (χ0v) is 7.17. The zero-order chi connectivity index (χ0) is 8.10. The summed E-state index contributed by atoms with van der Waals surface area (Å²) >= 11 is 4.19.